The molecular formula is C20H17F3N2O3. The molecule has 0 fully saturated rings. The highest BCUT2D eigenvalue weighted by Gasteiger charge is 2.30. The van der Waals surface area contributed by atoms with Gasteiger partial charge in [-0.15, -0.1) is 0 Å². The highest BCUT2D eigenvalue weighted by molar-refractivity contribution is 5.87. The van der Waals surface area contributed by atoms with E-state index >= 15 is 0 Å². The number of fused-ring (bicyclic) bond motifs is 1. The number of aliphatic carboxylic acids is 1. The quantitative estimate of drug-likeness (QED) is 0.602. The number of carbonyl (C=O) groups is 2. The zero-order chi connectivity index (χ0) is 20.3. The molecule has 0 aliphatic carbocycles. The van der Waals surface area contributed by atoms with E-state index in [2.05, 4.69) is 10.3 Å². The largest absolute Gasteiger partial charge is 0.480 e. The molecule has 0 saturated heterocycles. The molecule has 3 N–H and O–H groups in total. The standard InChI is InChI=1S/C20H17F3N2O3/c21-20(22,23)14-5-3-4-12(8-14)9-18(26)25-17(19(27)28)10-13-11-24-16-7-2-1-6-15(13)16/h1-8,11,17,24H,9-10H2,(H,25,26)(H,27,28)/t17-/m0/s1. The van der Waals surface area contributed by atoms with Gasteiger partial charge in [-0.2, -0.15) is 13.2 Å². The summed E-state index contributed by atoms with van der Waals surface area (Å²) in [6.45, 7) is 0. The monoisotopic (exact) mass is 390 g/mol. The molecule has 3 rings (SSSR count). The number of benzene rings is 2. The predicted molar refractivity (Wildman–Crippen MR) is 96.7 cm³/mol. The van der Waals surface area contributed by atoms with Crippen molar-refractivity contribution in [3.8, 4) is 0 Å². The number of alkyl halides is 3. The Morgan fingerprint density at radius 1 is 1.11 bits per heavy atom. The second-order valence-electron chi connectivity index (χ2n) is 6.40. The fraction of sp³-hybridized carbons (Fsp3) is 0.200. The number of aromatic nitrogens is 1. The first kappa shape index (κ1) is 19.5. The summed E-state index contributed by atoms with van der Waals surface area (Å²) in [5.74, 6) is -1.88. The first-order valence-electron chi connectivity index (χ1n) is 8.47. The van der Waals surface area contributed by atoms with Crippen molar-refractivity contribution in [1.82, 2.24) is 10.3 Å². The maximum atomic E-state index is 12.8. The van der Waals surface area contributed by atoms with Gasteiger partial charge in [0.2, 0.25) is 5.91 Å². The molecule has 5 nitrogen and oxygen atoms in total. The van der Waals surface area contributed by atoms with Crippen molar-refractivity contribution in [2.24, 2.45) is 0 Å². The number of para-hydroxylation sites is 1. The summed E-state index contributed by atoms with van der Waals surface area (Å²) in [5.41, 5.74) is 0.870. The molecule has 3 aromatic rings. The van der Waals surface area contributed by atoms with Crippen LogP contribution in [0.25, 0.3) is 10.9 Å². The molecule has 1 aromatic heterocycles. The normalized spacial score (nSPS) is 12.7. The molecule has 0 radical (unpaired) electrons. The van der Waals surface area contributed by atoms with E-state index in [1.807, 2.05) is 24.3 Å². The third-order valence-electron chi connectivity index (χ3n) is 4.35. The lowest BCUT2D eigenvalue weighted by atomic mass is 10.0. The molecular weight excluding hydrogens is 373 g/mol. The number of H-pyrrole nitrogens is 1. The number of rotatable bonds is 6. The maximum Gasteiger partial charge on any atom is 0.416 e. The molecule has 0 aliphatic heterocycles. The van der Waals surface area contributed by atoms with Gasteiger partial charge in [-0.3, -0.25) is 4.79 Å². The smallest absolute Gasteiger partial charge is 0.416 e. The Bertz CT molecular complexity index is 1010. The number of hydrogen-bond donors (Lipinski definition) is 3. The number of amides is 1. The van der Waals surface area contributed by atoms with E-state index in [9.17, 15) is 27.9 Å². The first-order valence-corrected chi connectivity index (χ1v) is 8.47. The van der Waals surface area contributed by atoms with E-state index in [-0.39, 0.29) is 18.4 Å². The molecule has 0 unspecified atom stereocenters. The average molecular weight is 390 g/mol. The van der Waals surface area contributed by atoms with Crippen LogP contribution in [0.15, 0.2) is 54.7 Å². The Hall–Kier alpha value is -3.29. The zero-order valence-electron chi connectivity index (χ0n) is 14.6. The Labute approximate surface area is 158 Å². The predicted octanol–water partition coefficient (Wildman–Crippen LogP) is 3.54. The SMILES string of the molecule is O=C(Cc1cccc(C(F)(F)F)c1)N[C@@H](Cc1c[nH]c2ccccc12)C(=O)O. The molecule has 1 amide bonds. The van der Waals surface area contributed by atoms with Crippen LogP contribution in [-0.2, 0) is 28.6 Å². The number of carboxylic acids is 1. The van der Waals surface area contributed by atoms with Crippen molar-refractivity contribution < 1.29 is 27.9 Å². The number of carboxylic acid groups (broad SMARTS) is 1. The topological polar surface area (TPSA) is 82.2 Å². The second-order valence-corrected chi connectivity index (χ2v) is 6.40. The number of carbonyl (C=O) groups excluding carboxylic acids is 1. The molecule has 0 aliphatic rings. The Kier molecular flexibility index (Phi) is 5.39. The van der Waals surface area contributed by atoms with Crippen LogP contribution in [0.1, 0.15) is 16.7 Å². The van der Waals surface area contributed by atoms with E-state index in [1.54, 1.807) is 6.20 Å². The van der Waals surface area contributed by atoms with E-state index in [0.717, 1.165) is 28.6 Å². The van der Waals surface area contributed by atoms with Crippen molar-refractivity contribution >= 4 is 22.8 Å². The van der Waals surface area contributed by atoms with Crippen molar-refractivity contribution in [3.63, 3.8) is 0 Å². The third kappa shape index (κ3) is 4.51. The lowest BCUT2D eigenvalue weighted by molar-refractivity contribution is -0.141. The van der Waals surface area contributed by atoms with Crippen LogP contribution in [0.5, 0.6) is 0 Å². The van der Waals surface area contributed by atoms with Gasteiger partial charge in [0, 0.05) is 23.5 Å². The highest BCUT2D eigenvalue weighted by Crippen LogP contribution is 2.29. The summed E-state index contributed by atoms with van der Waals surface area (Å²) in [6.07, 6.45) is -3.12. The molecule has 28 heavy (non-hydrogen) atoms. The Morgan fingerprint density at radius 3 is 2.57 bits per heavy atom. The first-order chi connectivity index (χ1) is 13.2. The van der Waals surface area contributed by atoms with Gasteiger partial charge in [0.15, 0.2) is 0 Å². The van der Waals surface area contributed by atoms with E-state index < -0.39 is 29.7 Å². The minimum Gasteiger partial charge on any atom is -0.480 e. The number of halogens is 3. The number of aromatic amines is 1. The van der Waals surface area contributed by atoms with Crippen LogP contribution in [-0.4, -0.2) is 28.0 Å². The van der Waals surface area contributed by atoms with Crippen LogP contribution in [0.2, 0.25) is 0 Å². The van der Waals surface area contributed by atoms with Crippen molar-refractivity contribution in [3.05, 3.63) is 71.4 Å². The Balaban J connectivity index is 1.71. The van der Waals surface area contributed by atoms with Gasteiger partial charge >= 0.3 is 12.1 Å². The van der Waals surface area contributed by atoms with Crippen LogP contribution in [0, 0.1) is 0 Å². The fourth-order valence-corrected chi connectivity index (χ4v) is 3.01. The van der Waals surface area contributed by atoms with Gasteiger partial charge in [-0.1, -0.05) is 36.4 Å². The average Bonchev–Trinajstić information content (AvgIpc) is 3.03. The third-order valence-corrected chi connectivity index (χ3v) is 4.35. The minimum absolute atomic E-state index is 0.0493. The lowest BCUT2D eigenvalue weighted by Crippen LogP contribution is -2.43. The van der Waals surface area contributed by atoms with Crippen LogP contribution < -0.4 is 5.32 Å². The van der Waals surface area contributed by atoms with Gasteiger partial charge in [0.05, 0.1) is 12.0 Å². The van der Waals surface area contributed by atoms with Crippen molar-refractivity contribution in [2.75, 3.05) is 0 Å². The number of hydrogen-bond acceptors (Lipinski definition) is 2. The molecule has 0 saturated carbocycles. The van der Waals surface area contributed by atoms with Gasteiger partial charge < -0.3 is 15.4 Å². The molecule has 146 valence electrons. The van der Waals surface area contributed by atoms with Crippen LogP contribution in [0.3, 0.4) is 0 Å². The van der Waals surface area contributed by atoms with Gasteiger partial charge in [-0.25, -0.2) is 4.79 Å². The summed E-state index contributed by atoms with van der Waals surface area (Å²) >= 11 is 0. The summed E-state index contributed by atoms with van der Waals surface area (Å²) in [5, 5.41) is 12.7. The van der Waals surface area contributed by atoms with E-state index in [4.69, 9.17) is 0 Å². The summed E-state index contributed by atoms with van der Waals surface area (Å²) in [7, 11) is 0. The summed E-state index contributed by atoms with van der Waals surface area (Å²) in [6, 6.07) is 10.6. The summed E-state index contributed by atoms with van der Waals surface area (Å²) < 4.78 is 38.3. The zero-order valence-corrected chi connectivity index (χ0v) is 14.6. The number of nitrogens with one attached hydrogen (secondary N) is 2. The van der Waals surface area contributed by atoms with Gasteiger partial charge in [0.25, 0.3) is 0 Å². The van der Waals surface area contributed by atoms with Gasteiger partial charge in [-0.05, 0) is 23.3 Å². The van der Waals surface area contributed by atoms with E-state index in [0.29, 0.717) is 0 Å². The van der Waals surface area contributed by atoms with Crippen molar-refractivity contribution in [2.45, 2.75) is 25.1 Å². The maximum absolute atomic E-state index is 12.8. The molecule has 8 heteroatoms. The van der Waals surface area contributed by atoms with E-state index in [1.165, 1.54) is 12.1 Å². The lowest BCUT2D eigenvalue weighted by Gasteiger charge is -2.15. The Morgan fingerprint density at radius 2 is 1.86 bits per heavy atom. The second kappa shape index (κ2) is 7.75. The molecule has 1 atom stereocenters. The molecule has 2 aromatic carbocycles. The highest BCUT2D eigenvalue weighted by atomic mass is 19.4. The van der Waals surface area contributed by atoms with Crippen molar-refractivity contribution in [1.29, 1.82) is 0 Å². The molecule has 0 bridgehead atoms. The van der Waals surface area contributed by atoms with Crippen LogP contribution in [0.4, 0.5) is 13.2 Å². The minimum atomic E-state index is -4.51. The summed E-state index contributed by atoms with van der Waals surface area (Å²) in [4.78, 5) is 26.8. The fourth-order valence-electron chi connectivity index (χ4n) is 3.01. The van der Waals surface area contributed by atoms with Gasteiger partial charge in [0.1, 0.15) is 6.04 Å². The van der Waals surface area contributed by atoms with Crippen LogP contribution >= 0.6 is 0 Å². The molecule has 0 spiro atoms. The molecule has 1 heterocycles.